The van der Waals surface area contributed by atoms with Crippen LogP contribution in [-0.4, -0.2) is 85.4 Å². The SMILES string of the molecule is C[C@@H]1OCC2(CCN(c3cnc4c(N5CCCc6c5cccc6S(=O)(=O)C5COC5)n[nH]c4n3)CC2)[C@@H]1N. The molecule has 202 valence electrons. The van der Waals surface area contributed by atoms with E-state index in [4.69, 9.17) is 25.2 Å². The van der Waals surface area contributed by atoms with Crippen molar-refractivity contribution in [1.82, 2.24) is 20.2 Å². The number of H-pyrrole nitrogens is 1. The van der Waals surface area contributed by atoms with Gasteiger partial charge in [-0.25, -0.2) is 18.4 Å². The van der Waals surface area contributed by atoms with Gasteiger partial charge in [0.25, 0.3) is 0 Å². The Hall–Kier alpha value is -2.80. The Morgan fingerprint density at radius 1 is 1.18 bits per heavy atom. The summed E-state index contributed by atoms with van der Waals surface area (Å²) in [5, 5.41) is 7.19. The highest BCUT2D eigenvalue weighted by atomic mass is 32.2. The molecule has 1 aromatic carbocycles. The standard InChI is InChI=1S/C26H33N7O4S/c1-16-23(27)26(15-37-16)7-10-32(11-8-26)21-12-28-22-24(29-21)30-31-25(22)33-9-3-4-18-19(33)5-2-6-20(18)38(34,35)17-13-36-14-17/h2,5-6,12,16-17,23H,3-4,7-11,13-15,27H2,1H3,(H,29,30,31)/t16-,23+/m0/s1. The van der Waals surface area contributed by atoms with Crippen molar-refractivity contribution >= 4 is 38.3 Å². The van der Waals surface area contributed by atoms with Crippen LogP contribution in [0.5, 0.6) is 0 Å². The van der Waals surface area contributed by atoms with Crippen molar-refractivity contribution in [3.8, 4) is 0 Å². The van der Waals surface area contributed by atoms with Gasteiger partial charge in [0.2, 0.25) is 0 Å². The second-order valence-electron chi connectivity index (χ2n) is 11.1. The molecule has 11 nitrogen and oxygen atoms in total. The summed E-state index contributed by atoms with van der Waals surface area (Å²) in [6.45, 7) is 5.74. The van der Waals surface area contributed by atoms with Gasteiger partial charge >= 0.3 is 0 Å². The molecule has 3 N–H and O–H groups in total. The summed E-state index contributed by atoms with van der Waals surface area (Å²) in [6.07, 6.45) is 5.38. The van der Waals surface area contributed by atoms with Crippen LogP contribution >= 0.6 is 0 Å². The number of nitrogens with one attached hydrogen (secondary N) is 1. The molecule has 0 saturated carbocycles. The molecule has 0 amide bonds. The number of fused-ring (bicyclic) bond motifs is 2. The molecule has 12 heteroatoms. The highest BCUT2D eigenvalue weighted by molar-refractivity contribution is 7.92. The summed E-state index contributed by atoms with van der Waals surface area (Å²) in [7, 11) is -3.44. The lowest BCUT2D eigenvalue weighted by Crippen LogP contribution is -2.50. The van der Waals surface area contributed by atoms with Gasteiger partial charge in [-0.1, -0.05) is 6.07 Å². The minimum Gasteiger partial charge on any atom is -0.379 e. The smallest absolute Gasteiger partial charge is 0.186 e. The van der Waals surface area contributed by atoms with Crippen LogP contribution in [0.4, 0.5) is 17.3 Å². The number of hydrogen-bond donors (Lipinski definition) is 2. The molecule has 7 rings (SSSR count). The van der Waals surface area contributed by atoms with Gasteiger partial charge in [0, 0.05) is 36.8 Å². The number of anilines is 3. The van der Waals surface area contributed by atoms with Crippen LogP contribution in [0.15, 0.2) is 29.3 Å². The van der Waals surface area contributed by atoms with E-state index in [1.165, 1.54) is 0 Å². The zero-order valence-electron chi connectivity index (χ0n) is 21.5. The summed E-state index contributed by atoms with van der Waals surface area (Å²) < 4.78 is 37.5. The third-order valence-electron chi connectivity index (χ3n) is 8.99. The molecule has 6 heterocycles. The Bertz CT molecular complexity index is 1480. The lowest BCUT2D eigenvalue weighted by Gasteiger charge is -2.41. The first-order valence-corrected chi connectivity index (χ1v) is 15.0. The van der Waals surface area contributed by atoms with Crippen LogP contribution in [0.25, 0.3) is 11.2 Å². The fourth-order valence-electron chi connectivity index (χ4n) is 6.43. The molecule has 3 aromatic rings. The lowest BCUT2D eigenvalue weighted by molar-refractivity contribution is 0.0416. The Kier molecular flexibility index (Phi) is 5.66. The van der Waals surface area contributed by atoms with Gasteiger partial charge in [0.15, 0.2) is 26.8 Å². The van der Waals surface area contributed by atoms with E-state index >= 15 is 0 Å². The molecule has 0 bridgehead atoms. The number of rotatable bonds is 4. The van der Waals surface area contributed by atoms with Gasteiger partial charge in [-0.05, 0) is 50.3 Å². The molecule has 2 aromatic heterocycles. The van der Waals surface area contributed by atoms with E-state index in [-0.39, 0.29) is 30.8 Å². The van der Waals surface area contributed by atoms with E-state index in [0.29, 0.717) is 28.3 Å². The zero-order chi connectivity index (χ0) is 26.1. The molecule has 2 atom stereocenters. The highest BCUT2D eigenvalue weighted by Crippen LogP contribution is 2.42. The number of sulfone groups is 1. The van der Waals surface area contributed by atoms with Gasteiger partial charge in [0.05, 0.1) is 37.0 Å². The Morgan fingerprint density at radius 2 is 2.00 bits per heavy atom. The van der Waals surface area contributed by atoms with Crippen molar-refractivity contribution in [3.63, 3.8) is 0 Å². The van der Waals surface area contributed by atoms with Crippen molar-refractivity contribution in [3.05, 3.63) is 30.0 Å². The monoisotopic (exact) mass is 539 g/mol. The molecule has 0 radical (unpaired) electrons. The third kappa shape index (κ3) is 3.64. The summed E-state index contributed by atoms with van der Waals surface area (Å²) in [4.78, 5) is 14.4. The topological polar surface area (TPSA) is 140 Å². The number of aromatic nitrogens is 4. The quantitative estimate of drug-likeness (QED) is 0.506. The van der Waals surface area contributed by atoms with E-state index < -0.39 is 15.1 Å². The molecule has 3 fully saturated rings. The van der Waals surface area contributed by atoms with Gasteiger partial charge in [0.1, 0.15) is 11.1 Å². The van der Waals surface area contributed by atoms with Gasteiger partial charge in [-0.15, -0.1) is 0 Å². The average molecular weight is 540 g/mol. The third-order valence-corrected chi connectivity index (χ3v) is 11.1. The first-order chi connectivity index (χ1) is 18.4. The minimum absolute atomic E-state index is 0.0499. The normalized spacial score (nSPS) is 25.6. The van der Waals surface area contributed by atoms with Gasteiger partial charge in [-0.2, -0.15) is 5.10 Å². The molecule has 0 aliphatic carbocycles. The van der Waals surface area contributed by atoms with Crippen LogP contribution < -0.4 is 15.5 Å². The predicted octanol–water partition coefficient (Wildman–Crippen LogP) is 1.94. The van der Waals surface area contributed by atoms with Gasteiger partial charge < -0.3 is 25.0 Å². The fraction of sp³-hybridized carbons (Fsp3) is 0.577. The largest absolute Gasteiger partial charge is 0.379 e. The van der Waals surface area contributed by atoms with Crippen LogP contribution in [0, 0.1) is 5.41 Å². The number of hydrogen-bond acceptors (Lipinski definition) is 10. The maximum atomic E-state index is 13.2. The zero-order valence-corrected chi connectivity index (χ0v) is 22.3. The Labute approximate surface area is 221 Å². The molecule has 4 aliphatic rings. The molecule has 4 aliphatic heterocycles. The van der Waals surface area contributed by atoms with Crippen molar-refractivity contribution < 1.29 is 17.9 Å². The maximum Gasteiger partial charge on any atom is 0.186 e. The van der Waals surface area contributed by atoms with E-state index in [1.807, 2.05) is 18.3 Å². The fourth-order valence-corrected chi connectivity index (χ4v) is 8.15. The number of benzene rings is 1. The number of aromatic amines is 1. The maximum absolute atomic E-state index is 13.2. The summed E-state index contributed by atoms with van der Waals surface area (Å²) in [5.74, 6) is 1.49. The number of nitrogens with two attached hydrogens (primary N) is 1. The Balaban J connectivity index is 1.16. The number of piperidine rings is 1. The van der Waals surface area contributed by atoms with E-state index in [1.54, 1.807) is 6.07 Å². The average Bonchev–Trinajstić information content (AvgIpc) is 3.43. The summed E-state index contributed by atoms with van der Waals surface area (Å²) in [5.41, 5.74) is 9.54. The highest BCUT2D eigenvalue weighted by Gasteiger charge is 2.47. The molecular weight excluding hydrogens is 506 g/mol. The molecule has 38 heavy (non-hydrogen) atoms. The predicted molar refractivity (Wildman–Crippen MR) is 143 cm³/mol. The van der Waals surface area contributed by atoms with E-state index in [0.717, 1.165) is 62.6 Å². The second-order valence-corrected chi connectivity index (χ2v) is 13.3. The Morgan fingerprint density at radius 3 is 2.71 bits per heavy atom. The number of ether oxygens (including phenoxy) is 2. The lowest BCUT2D eigenvalue weighted by atomic mass is 9.73. The van der Waals surface area contributed by atoms with Crippen LogP contribution in [0.2, 0.25) is 0 Å². The molecule has 3 saturated heterocycles. The minimum atomic E-state index is -3.44. The van der Waals surface area contributed by atoms with Crippen molar-refractivity contribution in [2.75, 3.05) is 49.3 Å². The molecule has 1 spiro atoms. The second kappa shape index (κ2) is 8.87. The van der Waals surface area contributed by atoms with Gasteiger partial charge in [-0.3, -0.25) is 5.10 Å². The van der Waals surface area contributed by atoms with Crippen molar-refractivity contribution in [2.45, 2.75) is 54.9 Å². The first kappa shape index (κ1) is 24.3. The van der Waals surface area contributed by atoms with Crippen LogP contribution in [0.1, 0.15) is 31.7 Å². The summed E-state index contributed by atoms with van der Waals surface area (Å²) in [6, 6.07) is 5.57. The van der Waals surface area contributed by atoms with Crippen molar-refractivity contribution in [2.24, 2.45) is 11.1 Å². The molecule has 0 unspecified atom stereocenters. The van der Waals surface area contributed by atoms with E-state index in [2.05, 4.69) is 26.9 Å². The van der Waals surface area contributed by atoms with Crippen LogP contribution in [-0.2, 0) is 25.7 Å². The van der Waals surface area contributed by atoms with Crippen LogP contribution in [0.3, 0.4) is 0 Å². The van der Waals surface area contributed by atoms with E-state index in [9.17, 15) is 8.42 Å². The molecular formula is C26H33N7O4S. The first-order valence-electron chi connectivity index (χ1n) is 13.4. The van der Waals surface area contributed by atoms with Crippen molar-refractivity contribution in [1.29, 1.82) is 0 Å². The summed E-state index contributed by atoms with van der Waals surface area (Å²) >= 11 is 0. The number of nitrogens with zero attached hydrogens (tertiary/aromatic N) is 5.